The van der Waals surface area contributed by atoms with E-state index in [0.717, 1.165) is 5.56 Å². The van der Waals surface area contributed by atoms with Gasteiger partial charge in [-0.1, -0.05) is 43.6 Å². The first-order valence-electron chi connectivity index (χ1n) is 6.19. The number of carbonyl (C=O) groups excluding carboxylic acids is 1. The molecule has 1 atom stereocenters. The molecular formula is C14H20ClNO2. The summed E-state index contributed by atoms with van der Waals surface area (Å²) in [6.07, 6.45) is 0. The van der Waals surface area contributed by atoms with Crippen molar-refractivity contribution in [1.82, 2.24) is 5.32 Å². The van der Waals surface area contributed by atoms with E-state index in [2.05, 4.69) is 5.32 Å². The minimum absolute atomic E-state index is 0.173. The maximum atomic E-state index is 11.8. The Hall–Kier alpha value is -1.06. The standard InChI is InChI=1S/C14H20ClNO2/c1-4-18-14(17)13(10(2)3)16-9-11-7-5-6-8-12(11)15/h5-8,10,13,16H,4,9H2,1-3H3. The monoisotopic (exact) mass is 269 g/mol. The second kappa shape index (κ2) is 7.39. The Labute approximate surface area is 113 Å². The molecule has 18 heavy (non-hydrogen) atoms. The van der Waals surface area contributed by atoms with Gasteiger partial charge in [-0.15, -0.1) is 0 Å². The van der Waals surface area contributed by atoms with Gasteiger partial charge in [0.2, 0.25) is 0 Å². The molecule has 4 heteroatoms. The van der Waals surface area contributed by atoms with Crippen molar-refractivity contribution in [2.75, 3.05) is 6.61 Å². The first-order valence-corrected chi connectivity index (χ1v) is 6.57. The molecule has 1 unspecified atom stereocenters. The van der Waals surface area contributed by atoms with Gasteiger partial charge in [-0.3, -0.25) is 4.79 Å². The molecule has 1 N–H and O–H groups in total. The predicted molar refractivity (Wildman–Crippen MR) is 73.6 cm³/mol. The van der Waals surface area contributed by atoms with Gasteiger partial charge in [-0.05, 0) is 24.5 Å². The molecule has 0 spiro atoms. The molecule has 0 aromatic heterocycles. The second-order valence-corrected chi connectivity index (χ2v) is 4.85. The molecule has 1 rings (SSSR count). The average molecular weight is 270 g/mol. The summed E-state index contributed by atoms with van der Waals surface area (Å²) in [5, 5.41) is 3.91. The number of benzene rings is 1. The van der Waals surface area contributed by atoms with Crippen molar-refractivity contribution in [2.45, 2.75) is 33.4 Å². The fraction of sp³-hybridized carbons (Fsp3) is 0.500. The van der Waals surface area contributed by atoms with Crippen molar-refractivity contribution in [3.05, 3.63) is 34.9 Å². The van der Waals surface area contributed by atoms with Crippen LogP contribution in [0.4, 0.5) is 0 Å². The smallest absolute Gasteiger partial charge is 0.323 e. The molecule has 0 radical (unpaired) electrons. The Morgan fingerprint density at radius 2 is 2.06 bits per heavy atom. The van der Waals surface area contributed by atoms with E-state index in [1.54, 1.807) is 0 Å². The molecular weight excluding hydrogens is 250 g/mol. The molecule has 0 aliphatic rings. The highest BCUT2D eigenvalue weighted by molar-refractivity contribution is 6.31. The Bertz CT molecular complexity index is 393. The summed E-state index contributed by atoms with van der Waals surface area (Å²) < 4.78 is 5.05. The van der Waals surface area contributed by atoms with Crippen molar-refractivity contribution < 1.29 is 9.53 Å². The van der Waals surface area contributed by atoms with Crippen LogP contribution < -0.4 is 5.32 Å². The normalized spacial score (nSPS) is 12.5. The summed E-state index contributed by atoms with van der Waals surface area (Å²) in [5.41, 5.74) is 0.981. The van der Waals surface area contributed by atoms with Crippen LogP contribution in [0, 0.1) is 5.92 Å². The molecule has 1 aromatic rings. The lowest BCUT2D eigenvalue weighted by Gasteiger charge is -2.20. The Balaban J connectivity index is 2.63. The van der Waals surface area contributed by atoms with Gasteiger partial charge in [-0.2, -0.15) is 0 Å². The molecule has 0 saturated carbocycles. The molecule has 0 amide bonds. The minimum atomic E-state index is -0.304. The molecule has 100 valence electrons. The van der Waals surface area contributed by atoms with Gasteiger partial charge in [0.15, 0.2) is 0 Å². The van der Waals surface area contributed by atoms with Crippen LogP contribution in [0.1, 0.15) is 26.3 Å². The van der Waals surface area contributed by atoms with E-state index in [-0.39, 0.29) is 17.9 Å². The maximum Gasteiger partial charge on any atom is 0.323 e. The third-order valence-electron chi connectivity index (χ3n) is 2.68. The number of hydrogen-bond donors (Lipinski definition) is 1. The molecule has 1 aromatic carbocycles. The first kappa shape index (κ1) is 15.0. The largest absolute Gasteiger partial charge is 0.465 e. The number of nitrogens with one attached hydrogen (secondary N) is 1. The van der Waals surface area contributed by atoms with Crippen molar-refractivity contribution in [1.29, 1.82) is 0 Å². The number of ether oxygens (including phenoxy) is 1. The summed E-state index contributed by atoms with van der Waals surface area (Å²) in [4.78, 5) is 11.8. The van der Waals surface area contributed by atoms with E-state index in [0.29, 0.717) is 18.2 Å². The number of rotatable bonds is 6. The van der Waals surface area contributed by atoms with E-state index in [1.807, 2.05) is 45.0 Å². The van der Waals surface area contributed by atoms with Gasteiger partial charge in [0.25, 0.3) is 0 Å². The molecule has 3 nitrogen and oxygen atoms in total. The van der Waals surface area contributed by atoms with Crippen LogP contribution in [-0.2, 0) is 16.1 Å². The van der Waals surface area contributed by atoms with Gasteiger partial charge in [0, 0.05) is 11.6 Å². The summed E-state index contributed by atoms with van der Waals surface area (Å²) in [5.74, 6) is -0.0360. The van der Waals surface area contributed by atoms with Crippen molar-refractivity contribution in [2.24, 2.45) is 5.92 Å². The lowest BCUT2D eigenvalue weighted by Crippen LogP contribution is -2.41. The zero-order chi connectivity index (χ0) is 13.5. The number of esters is 1. The van der Waals surface area contributed by atoms with Crippen LogP contribution >= 0.6 is 11.6 Å². The topological polar surface area (TPSA) is 38.3 Å². The van der Waals surface area contributed by atoms with E-state index >= 15 is 0 Å². The highest BCUT2D eigenvalue weighted by Crippen LogP contribution is 2.15. The van der Waals surface area contributed by atoms with E-state index in [9.17, 15) is 4.79 Å². The van der Waals surface area contributed by atoms with Crippen LogP contribution in [0.5, 0.6) is 0 Å². The summed E-state index contributed by atoms with van der Waals surface area (Å²) in [6.45, 7) is 6.74. The van der Waals surface area contributed by atoms with Gasteiger partial charge in [0.1, 0.15) is 6.04 Å². The number of halogens is 1. The van der Waals surface area contributed by atoms with E-state index in [4.69, 9.17) is 16.3 Å². The molecule has 0 fully saturated rings. The predicted octanol–water partition coefficient (Wildman–Crippen LogP) is 3.02. The molecule has 0 heterocycles. The minimum Gasteiger partial charge on any atom is -0.465 e. The van der Waals surface area contributed by atoms with Crippen LogP contribution in [-0.4, -0.2) is 18.6 Å². The molecule has 0 bridgehead atoms. The summed E-state index contributed by atoms with van der Waals surface area (Å²) in [7, 11) is 0. The van der Waals surface area contributed by atoms with E-state index < -0.39 is 0 Å². The fourth-order valence-corrected chi connectivity index (χ4v) is 1.89. The Kier molecular flexibility index (Phi) is 6.16. The Morgan fingerprint density at radius 1 is 1.39 bits per heavy atom. The highest BCUT2D eigenvalue weighted by atomic mass is 35.5. The van der Waals surface area contributed by atoms with Gasteiger partial charge < -0.3 is 10.1 Å². The number of carbonyl (C=O) groups is 1. The second-order valence-electron chi connectivity index (χ2n) is 4.45. The van der Waals surface area contributed by atoms with Crippen molar-refractivity contribution in [3.8, 4) is 0 Å². The van der Waals surface area contributed by atoms with Gasteiger partial charge >= 0.3 is 5.97 Å². The fourth-order valence-electron chi connectivity index (χ4n) is 1.68. The lowest BCUT2D eigenvalue weighted by molar-refractivity contribution is -0.146. The maximum absolute atomic E-state index is 11.8. The quantitative estimate of drug-likeness (QED) is 0.807. The van der Waals surface area contributed by atoms with Crippen LogP contribution in [0.2, 0.25) is 5.02 Å². The first-order chi connectivity index (χ1) is 8.56. The lowest BCUT2D eigenvalue weighted by atomic mass is 10.0. The van der Waals surface area contributed by atoms with Gasteiger partial charge in [-0.25, -0.2) is 0 Å². The van der Waals surface area contributed by atoms with Crippen LogP contribution in [0.3, 0.4) is 0 Å². The molecule has 0 aliphatic heterocycles. The van der Waals surface area contributed by atoms with Crippen molar-refractivity contribution >= 4 is 17.6 Å². The zero-order valence-corrected chi connectivity index (χ0v) is 11.8. The van der Waals surface area contributed by atoms with Crippen LogP contribution in [0.15, 0.2) is 24.3 Å². The Morgan fingerprint density at radius 3 is 2.61 bits per heavy atom. The molecule has 0 saturated heterocycles. The van der Waals surface area contributed by atoms with Crippen LogP contribution in [0.25, 0.3) is 0 Å². The zero-order valence-electron chi connectivity index (χ0n) is 11.1. The summed E-state index contributed by atoms with van der Waals surface area (Å²) in [6, 6.07) is 7.29. The van der Waals surface area contributed by atoms with Crippen molar-refractivity contribution in [3.63, 3.8) is 0 Å². The van der Waals surface area contributed by atoms with Gasteiger partial charge in [0.05, 0.1) is 6.61 Å². The molecule has 0 aliphatic carbocycles. The third-order valence-corrected chi connectivity index (χ3v) is 3.05. The summed E-state index contributed by atoms with van der Waals surface area (Å²) >= 11 is 6.07. The SMILES string of the molecule is CCOC(=O)C(NCc1ccccc1Cl)C(C)C. The number of hydrogen-bond acceptors (Lipinski definition) is 3. The average Bonchev–Trinajstić information content (AvgIpc) is 2.31. The van der Waals surface area contributed by atoms with E-state index in [1.165, 1.54) is 0 Å². The third kappa shape index (κ3) is 4.31. The highest BCUT2D eigenvalue weighted by Gasteiger charge is 2.22.